The van der Waals surface area contributed by atoms with E-state index in [1.807, 2.05) is 13.0 Å². The topological polar surface area (TPSA) is 24.5 Å². The summed E-state index contributed by atoms with van der Waals surface area (Å²) in [6, 6.07) is 9.04. The van der Waals surface area contributed by atoms with E-state index in [2.05, 4.69) is 42.3 Å². The molecule has 0 saturated carbocycles. The number of rotatable bonds is 5. The highest BCUT2D eigenvalue weighted by molar-refractivity contribution is 5.51. The van der Waals surface area contributed by atoms with Crippen LogP contribution in [0.4, 0.5) is 5.69 Å². The normalized spacial score (nSPS) is 21.2. The predicted octanol–water partition coefficient (Wildman–Crippen LogP) is 2.91. The first-order valence-electron chi connectivity index (χ1n) is 7.45. The van der Waals surface area contributed by atoms with Gasteiger partial charge in [-0.15, -0.1) is 0 Å². The Morgan fingerprint density at radius 2 is 2.26 bits per heavy atom. The maximum Gasteiger partial charge on any atom is 0.121 e. The molecule has 1 aliphatic rings. The monoisotopic (exact) mass is 262 g/mol. The Kier molecular flexibility index (Phi) is 5.08. The molecule has 106 valence electrons. The van der Waals surface area contributed by atoms with Crippen molar-refractivity contribution < 1.29 is 4.74 Å². The van der Waals surface area contributed by atoms with Crippen LogP contribution in [0.2, 0.25) is 0 Å². The van der Waals surface area contributed by atoms with Crippen molar-refractivity contribution in [1.82, 2.24) is 5.32 Å². The highest BCUT2D eigenvalue weighted by atomic mass is 16.5. The third-order valence-electron chi connectivity index (χ3n) is 4.03. The first-order chi connectivity index (χ1) is 9.24. The van der Waals surface area contributed by atoms with Gasteiger partial charge in [-0.1, -0.05) is 26.3 Å². The van der Waals surface area contributed by atoms with E-state index in [0.717, 1.165) is 37.9 Å². The van der Waals surface area contributed by atoms with Crippen LogP contribution in [0.15, 0.2) is 24.3 Å². The van der Waals surface area contributed by atoms with Crippen LogP contribution < -0.4 is 15.0 Å². The van der Waals surface area contributed by atoms with Gasteiger partial charge in [0.15, 0.2) is 0 Å². The van der Waals surface area contributed by atoms with Crippen molar-refractivity contribution in [1.29, 1.82) is 0 Å². The molecule has 0 bridgehead atoms. The number of ether oxygens (including phenoxy) is 1. The van der Waals surface area contributed by atoms with Crippen LogP contribution >= 0.6 is 0 Å². The second kappa shape index (κ2) is 6.80. The Hall–Kier alpha value is -1.22. The van der Waals surface area contributed by atoms with E-state index in [-0.39, 0.29) is 0 Å². The third kappa shape index (κ3) is 3.63. The van der Waals surface area contributed by atoms with Crippen LogP contribution in [0.1, 0.15) is 27.2 Å². The van der Waals surface area contributed by atoms with Gasteiger partial charge in [0.1, 0.15) is 5.75 Å². The van der Waals surface area contributed by atoms with E-state index in [9.17, 15) is 0 Å². The van der Waals surface area contributed by atoms with Gasteiger partial charge in [0.05, 0.1) is 6.61 Å². The molecule has 1 fully saturated rings. The van der Waals surface area contributed by atoms with E-state index in [0.29, 0.717) is 6.04 Å². The number of nitrogens with zero attached hydrogens (tertiary/aromatic N) is 1. The summed E-state index contributed by atoms with van der Waals surface area (Å²) in [7, 11) is 0. The van der Waals surface area contributed by atoms with Crippen LogP contribution in [0.3, 0.4) is 0 Å². The van der Waals surface area contributed by atoms with Crippen molar-refractivity contribution in [2.45, 2.75) is 33.2 Å². The quantitative estimate of drug-likeness (QED) is 0.883. The highest BCUT2D eigenvalue weighted by Gasteiger charge is 2.23. The smallest absolute Gasteiger partial charge is 0.121 e. The molecule has 3 nitrogen and oxygen atoms in total. The minimum Gasteiger partial charge on any atom is -0.494 e. The molecule has 2 rings (SSSR count). The zero-order chi connectivity index (χ0) is 13.7. The fraction of sp³-hybridized carbons (Fsp3) is 0.625. The van der Waals surface area contributed by atoms with Crippen LogP contribution in [-0.4, -0.2) is 32.3 Å². The fourth-order valence-corrected chi connectivity index (χ4v) is 2.61. The summed E-state index contributed by atoms with van der Waals surface area (Å²) < 4.78 is 5.59. The molecule has 2 unspecified atom stereocenters. The molecule has 1 heterocycles. The Morgan fingerprint density at radius 3 is 3.00 bits per heavy atom. The van der Waals surface area contributed by atoms with Gasteiger partial charge in [0, 0.05) is 37.4 Å². The van der Waals surface area contributed by atoms with Gasteiger partial charge in [-0.3, -0.25) is 0 Å². The van der Waals surface area contributed by atoms with Gasteiger partial charge in [-0.05, 0) is 25.0 Å². The molecule has 19 heavy (non-hydrogen) atoms. The van der Waals surface area contributed by atoms with Crippen molar-refractivity contribution in [3.05, 3.63) is 24.3 Å². The van der Waals surface area contributed by atoms with Crippen LogP contribution in [-0.2, 0) is 0 Å². The molecule has 0 aliphatic carbocycles. The van der Waals surface area contributed by atoms with Gasteiger partial charge in [-0.2, -0.15) is 0 Å². The average molecular weight is 262 g/mol. The molecule has 3 heteroatoms. The SMILES string of the molecule is CCOc1cccc(N2CCNC(C(C)CC)C2)c1. The van der Waals surface area contributed by atoms with Gasteiger partial charge in [-0.25, -0.2) is 0 Å². The van der Waals surface area contributed by atoms with Gasteiger partial charge < -0.3 is 15.0 Å². The third-order valence-corrected chi connectivity index (χ3v) is 4.03. The molecule has 0 amide bonds. The molecule has 0 radical (unpaired) electrons. The largest absolute Gasteiger partial charge is 0.494 e. The number of anilines is 1. The van der Waals surface area contributed by atoms with Crippen LogP contribution in [0.25, 0.3) is 0 Å². The van der Waals surface area contributed by atoms with Gasteiger partial charge in [0.25, 0.3) is 0 Å². The highest BCUT2D eigenvalue weighted by Crippen LogP contribution is 2.23. The number of nitrogens with one attached hydrogen (secondary N) is 1. The maximum absolute atomic E-state index is 5.59. The van der Waals surface area contributed by atoms with Crippen LogP contribution in [0, 0.1) is 5.92 Å². The van der Waals surface area contributed by atoms with Crippen molar-refractivity contribution >= 4 is 5.69 Å². The fourth-order valence-electron chi connectivity index (χ4n) is 2.61. The second-order valence-corrected chi connectivity index (χ2v) is 5.32. The molecule has 0 aromatic heterocycles. The summed E-state index contributed by atoms with van der Waals surface area (Å²) in [5.41, 5.74) is 1.28. The Bertz CT molecular complexity index is 394. The zero-order valence-electron chi connectivity index (χ0n) is 12.4. The lowest BCUT2D eigenvalue weighted by Crippen LogP contribution is -2.53. The van der Waals surface area contributed by atoms with Crippen molar-refractivity contribution in [2.75, 3.05) is 31.1 Å². The van der Waals surface area contributed by atoms with Crippen molar-refractivity contribution in [2.24, 2.45) is 5.92 Å². The predicted molar refractivity (Wildman–Crippen MR) is 81.1 cm³/mol. The van der Waals surface area contributed by atoms with E-state index < -0.39 is 0 Å². The molecule has 1 aliphatic heterocycles. The minimum absolute atomic E-state index is 0.592. The molecule has 2 atom stereocenters. The Labute approximate surface area is 116 Å². The standard InChI is InChI=1S/C16H26N2O/c1-4-13(3)16-12-18(10-9-17-16)14-7-6-8-15(11-14)19-5-2/h6-8,11,13,16-17H,4-5,9-10,12H2,1-3H3. The zero-order valence-corrected chi connectivity index (χ0v) is 12.4. The average Bonchev–Trinajstić information content (AvgIpc) is 2.47. The summed E-state index contributed by atoms with van der Waals surface area (Å²) in [5.74, 6) is 1.69. The molecular weight excluding hydrogens is 236 g/mol. The Morgan fingerprint density at radius 1 is 1.42 bits per heavy atom. The summed E-state index contributed by atoms with van der Waals surface area (Å²) in [6.45, 7) is 10.6. The molecule has 1 saturated heterocycles. The molecule has 1 aromatic rings. The number of hydrogen-bond donors (Lipinski definition) is 1. The summed E-state index contributed by atoms with van der Waals surface area (Å²) in [4.78, 5) is 2.47. The van der Waals surface area contributed by atoms with E-state index in [4.69, 9.17) is 4.74 Å². The van der Waals surface area contributed by atoms with E-state index >= 15 is 0 Å². The molecule has 0 spiro atoms. The Balaban J connectivity index is 2.06. The number of hydrogen-bond acceptors (Lipinski definition) is 3. The first-order valence-corrected chi connectivity index (χ1v) is 7.45. The van der Waals surface area contributed by atoms with Crippen molar-refractivity contribution in [3.63, 3.8) is 0 Å². The lowest BCUT2D eigenvalue weighted by molar-refractivity contribution is 0.336. The molecular formula is C16H26N2O. The van der Waals surface area contributed by atoms with Crippen LogP contribution in [0.5, 0.6) is 5.75 Å². The minimum atomic E-state index is 0.592. The van der Waals surface area contributed by atoms with Crippen molar-refractivity contribution in [3.8, 4) is 5.75 Å². The first kappa shape index (κ1) is 14.2. The summed E-state index contributed by atoms with van der Waals surface area (Å²) >= 11 is 0. The number of piperazine rings is 1. The molecule has 1 N–H and O–H groups in total. The summed E-state index contributed by atoms with van der Waals surface area (Å²) in [5, 5.41) is 3.64. The number of benzene rings is 1. The van der Waals surface area contributed by atoms with E-state index in [1.54, 1.807) is 0 Å². The second-order valence-electron chi connectivity index (χ2n) is 5.32. The maximum atomic E-state index is 5.59. The lowest BCUT2D eigenvalue weighted by atomic mass is 9.97. The summed E-state index contributed by atoms with van der Waals surface area (Å²) in [6.07, 6.45) is 1.23. The molecule has 1 aromatic carbocycles. The van der Waals surface area contributed by atoms with E-state index in [1.165, 1.54) is 12.1 Å². The van der Waals surface area contributed by atoms with Gasteiger partial charge in [0.2, 0.25) is 0 Å². The van der Waals surface area contributed by atoms with Gasteiger partial charge >= 0.3 is 0 Å². The lowest BCUT2D eigenvalue weighted by Gasteiger charge is -2.38.